The van der Waals surface area contributed by atoms with Crippen LogP contribution in [-0.4, -0.2) is 52.1 Å². The van der Waals surface area contributed by atoms with E-state index in [1.807, 2.05) is 6.07 Å². The molecule has 5 nitrogen and oxygen atoms in total. The van der Waals surface area contributed by atoms with Gasteiger partial charge in [-0.25, -0.2) is 0 Å². The maximum absolute atomic E-state index is 9.10. The Balaban J connectivity index is 1.98. The molecule has 0 aliphatic carbocycles. The van der Waals surface area contributed by atoms with Crippen molar-refractivity contribution >= 4 is 11.6 Å². The number of hydrogen-bond acceptors (Lipinski definition) is 5. The Morgan fingerprint density at radius 3 is 3.00 bits per heavy atom. The van der Waals surface area contributed by atoms with Crippen LogP contribution >= 0.6 is 11.6 Å². The van der Waals surface area contributed by atoms with Gasteiger partial charge in [0.1, 0.15) is 0 Å². The van der Waals surface area contributed by atoms with E-state index < -0.39 is 0 Å². The van der Waals surface area contributed by atoms with E-state index in [0.717, 1.165) is 5.69 Å². The van der Waals surface area contributed by atoms with Gasteiger partial charge in [-0.1, -0.05) is 11.6 Å². The average molecular weight is 258 g/mol. The van der Waals surface area contributed by atoms with E-state index in [4.69, 9.17) is 21.4 Å². The maximum Gasteiger partial charge on any atom is 0.151 e. The second-order valence-electron chi connectivity index (χ2n) is 4.26. The largest absolute Gasteiger partial charge is 0.394 e. The number of rotatable bonds is 3. The molecule has 1 aromatic rings. The summed E-state index contributed by atoms with van der Waals surface area (Å²) in [6, 6.07) is 3.92. The highest BCUT2D eigenvalue weighted by Crippen LogP contribution is 2.14. The minimum absolute atomic E-state index is 0.0511. The zero-order valence-electron chi connectivity index (χ0n) is 9.71. The summed E-state index contributed by atoms with van der Waals surface area (Å²) in [7, 11) is 0. The van der Waals surface area contributed by atoms with Gasteiger partial charge in [0.15, 0.2) is 5.15 Å². The fourth-order valence-electron chi connectivity index (χ4n) is 1.84. The van der Waals surface area contributed by atoms with Gasteiger partial charge in [0.2, 0.25) is 0 Å². The molecule has 0 spiro atoms. The zero-order valence-corrected chi connectivity index (χ0v) is 10.5. The summed E-state index contributed by atoms with van der Waals surface area (Å²) in [5, 5.41) is 17.3. The maximum atomic E-state index is 9.10. The Bertz CT molecular complexity index is 360. The molecule has 0 amide bonds. The van der Waals surface area contributed by atoms with E-state index in [1.54, 1.807) is 6.07 Å². The molecule has 2 heterocycles. The Morgan fingerprint density at radius 2 is 2.35 bits per heavy atom. The molecular weight excluding hydrogens is 242 g/mol. The van der Waals surface area contributed by atoms with E-state index in [0.29, 0.717) is 30.9 Å². The molecule has 0 radical (unpaired) electrons. The van der Waals surface area contributed by atoms with Crippen molar-refractivity contribution in [3.05, 3.63) is 23.0 Å². The molecule has 17 heavy (non-hydrogen) atoms. The fourth-order valence-corrected chi connectivity index (χ4v) is 1.94. The van der Waals surface area contributed by atoms with Crippen molar-refractivity contribution < 1.29 is 9.84 Å². The number of halogens is 1. The minimum atomic E-state index is -0.105. The van der Waals surface area contributed by atoms with Crippen molar-refractivity contribution in [1.82, 2.24) is 15.1 Å². The number of aliphatic hydroxyl groups is 1. The SMILES string of the molecule is CC1COC(CO)CN1Cc1ccc(Cl)nn1. The number of morpholine rings is 1. The van der Waals surface area contributed by atoms with Crippen LogP contribution in [0.2, 0.25) is 5.15 Å². The lowest BCUT2D eigenvalue weighted by atomic mass is 10.2. The molecule has 2 unspecified atom stereocenters. The topological polar surface area (TPSA) is 58.5 Å². The van der Waals surface area contributed by atoms with Crippen molar-refractivity contribution in [1.29, 1.82) is 0 Å². The molecule has 0 bridgehead atoms. The van der Waals surface area contributed by atoms with Gasteiger partial charge in [-0.2, -0.15) is 5.10 Å². The lowest BCUT2D eigenvalue weighted by Crippen LogP contribution is -2.48. The molecule has 1 aromatic heterocycles. The van der Waals surface area contributed by atoms with Crippen LogP contribution in [0.15, 0.2) is 12.1 Å². The van der Waals surface area contributed by atoms with Gasteiger partial charge in [-0.15, -0.1) is 5.10 Å². The zero-order chi connectivity index (χ0) is 12.3. The normalized spacial score (nSPS) is 26.1. The molecule has 0 saturated carbocycles. The molecular formula is C11H16ClN3O2. The standard InChI is InChI=1S/C11H16ClN3O2/c1-8-7-17-10(6-16)5-15(8)4-9-2-3-11(12)14-13-9/h2-3,8,10,16H,4-7H2,1H3. The van der Waals surface area contributed by atoms with E-state index in [2.05, 4.69) is 22.0 Å². The van der Waals surface area contributed by atoms with Gasteiger partial charge in [-0.3, -0.25) is 4.90 Å². The predicted octanol–water partition coefficient (Wildman–Crippen LogP) is 0.712. The molecule has 1 N–H and O–H groups in total. The molecule has 2 rings (SSSR count). The number of hydrogen-bond donors (Lipinski definition) is 1. The average Bonchev–Trinajstić information content (AvgIpc) is 2.35. The number of nitrogens with zero attached hydrogens (tertiary/aromatic N) is 3. The van der Waals surface area contributed by atoms with Gasteiger partial charge in [0.25, 0.3) is 0 Å². The van der Waals surface area contributed by atoms with Crippen molar-refractivity contribution in [2.75, 3.05) is 19.8 Å². The molecule has 1 aliphatic rings. The molecule has 1 fully saturated rings. The summed E-state index contributed by atoms with van der Waals surface area (Å²) in [5.74, 6) is 0. The lowest BCUT2D eigenvalue weighted by Gasteiger charge is -2.37. The van der Waals surface area contributed by atoms with Gasteiger partial charge < -0.3 is 9.84 Å². The Kier molecular flexibility index (Phi) is 4.28. The molecule has 1 aliphatic heterocycles. The minimum Gasteiger partial charge on any atom is -0.394 e. The number of ether oxygens (including phenoxy) is 1. The molecule has 0 aromatic carbocycles. The second-order valence-corrected chi connectivity index (χ2v) is 4.65. The molecule has 2 atom stereocenters. The summed E-state index contributed by atoms with van der Waals surface area (Å²) in [6.07, 6.45) is -0.105. The van der Waals surface area contributed by atoms with Crippen LogP contribution in [0.3, 0.4) is 0 Å². The Labute approximate surface area is 105 Å². The highest BCUT2D eigenvalue weighted by Gasteiger charge is 2.25. The van der Waals surface area contributed by atoms with E-state index in [-0.39, 0.29) is 12.7 Å². The van der Waals surface area contributed by atoms with Crippen molar-refractivity contribution in [2.24, 2.45) is 0 Å². The Hall–Kier alpha value is -0.750. The van der Waals surface area contributed by atoms with Gasteiger partial charge >= 0.3 is 0 Å². The first-order valence-electron chi connectivity index (χ1n) is 5.63. The second kappa shape index (κ2) is 5.73. The first-order valence-corrected chi connectivity index (χ1v) is 6.01. The van der Waals surface area contributed by atoms with E-state index in [1.165, 1.54) is 0 Å². The smallest absolute Gasteiger partial charge is 0.151 e. The van der Waals surface area contributed by atoms with Gasteiger partial charge in [0, 0.05) is 19.1 Å². The molecule has 94 valence electrons. The van der Waals surface area contributed by atoms with Crippen LogP contribution in [0.4, 0.5) is 0 Å². The van der Waals surface area contributed by atoms with Crippen molar-refractivity contribution in [2.45, 2.75) is 25.6 Å². The third-order valence-corrected chi connectivity index (χ3v) is 3.09. The fraction of sp³-hybridized carbons (Fsp3) is 0.636. The van der Waals surface area contributed by atoms with Crippen LogP contribution in [0.25, 0.3) is 0 Å². The third kappa shape index (κ3) is 3.35. The molecule has 6 heteroatoms. The third-order valence-electron chi connectivity index (χ3n) is 2.89. The van der Waals surface area contributed by atoms with Gasteiger partial charge in [0.05, 0.1) is 25.0 Å². The number of aromatic nitrogens is 2. The van der Waals surface area contributed by atoms with Crippen LogP contribution in [-0.2, 0) is 11.3 Å². The monoisotopic (exact) mass is 257 g/mol. The quantitative estimate of drug-likeness (QED) is 0.864. The van der Waals surface area contributed by atoms with Crippen LogP contribution in [0.1, 0.15) is 12.6 Å². The predicted molar refractivity (Wildman–Crippen MR) is 63.7 cm³/mol. The first kappa shape index (κ1) is 12.7. The van der Waals surface area contributed by atoms with Crippen LogP contribution < -0.4 is 0 Å². The number of aliphatic hydroxyl groups excluding tert-OH is 1. The summed E-state index contributed by atoms with van der Waals surface area (Å²) in [5.41, 5.74) is 0.875. The summed E-state index contributed by atoms with van der Waals surface area (Å²) in [6.45, 7) is 4.19. The van der Waals surface area contributed by atoms with E-state index >= 15 is 0 Å². The summed E-state index contributed by atoms with van der Waals surface area (Å²) < 4.78 is 5.48. The van der Waals surface area contributed by atoms with E-state index in [9.17, 15) is 0 Å². The lowest BCUT2D eigenvalue weighted by molar-refractivity contribution is -0.0809. The highest BCUT2D eigenvalue weighted by atomic mass is 35.5. The highest BCUT2D eigenvalue weighted by molar-refractivity contribution is 6.29. The van der Waals surface area contributed by atoms with Crippen molar-refractivity contribution in [3.63, 3.8) is 0 Å². The summed E-state index contributed by atoms with van der Waals surface area (Å²) in [4.78, 5) is 2.22. The molecule has 1 saturated heterocycles. The van der Waals surface area contributed by atoms with Gasteiger partial charge in [-0.05, 0) is 19.1 Å². The van der Waals surface area contributed by atoms with Crippen LogP contribution in [0, 0.1) is 0 Å². The first-order chi connectivity index (χ1) is 8.19. The summed E-state index contributed by atoms with van der Waals surface area (Å²) >= 11 is 5.69. The van der Waals surface area contributed by atoms with Crippen LogP contribution in [0.5, 0.6) is 0 Å². The Morgan fingerprint density at radius 1 is 1.53 bits per heavy atom. The van der Waals surface area contributed by atoms with Crippen molar-refractivity contribution in [3.8, 4) is 0 Å².